The molecule has 1 fully saturated rings. The van der Waals surface area contributed by atoms with Crippen LogP contribution in [0.15, 0.2) is 54.6 Å². The van der Waals surface area contributed by atoms with E-state index < -0.39 is 5.92 Å². The van der Waals surface area contributed by atoms with Gasteiger partial charge in [-0.25, -0.2) is 0 Å². The molecular weight excluding hydrogens is 328 g/mol. The topological polar surface area (TPSA) is 58.6 Å². The summed E-state index contributed by atoms with van der Waals surface area (Å²) in [5.74, 6) is 0.682. The van der Waals surface area contributed by atoms with E-state index in [0.29, 0.717) is 42.6 Å². The monoisotopic (exact) mass is 352 g/mol. The van der Waals surface area contributed by atoms with Crippen LogP contribution in [0.3, 0.4) is 0 Å². The highest BCUT2D eigenvalue weighted by Gasteiger charge is 2.38. The van der Waals surface area contributed by atoms with Gasteiger partial charge in [0.1, 0.15) is 11.7 Å². The van der Waals surface area contributed by atoms with Gasteiger partial charge in [-0.3, -0.25) is 9.59 Å². The van der Waals surface area contributed by atoms with Crippen LogP contribution in [0.1, 0.15) is 20.3 Å². The number of para-hydroxylation sites is 3. The third-order valence-electron chi connectivity index (χ3n) is 4.33. The first-order chi connectivity index (χ1) is 12.6. The molecule has 0 radical (unpaired) electrons. The summed E-state index contributed by atoms with van der Waals surface area (Å²) in [6, 6.07) is 16.9. The first-order valence-corrected chi connectivity index (χ1v) is 8.97. The minimum absolute atomic E-state index is 0.171. The smallest absolute Gasteiger partial charge is 0.239 e. The molecule has 0 aliphatic carbocycles. The van der Waals surface area contributed by atoms with Gasteiger partial charge in [-0.1, -0.05) is 44.2 Å². The Morgan fingerprint density at radius 3 is 2.58 bits per heavy atom. The normalized spacial score (nSPS) is 16.8. The quantitative estimate of drug-likeness (QED) is 0.808. The highest BCUT2D eigenvalue weighted by Crippen LogP contribution is 2.35. The van der Waals surface area contributed by atoms with E-state index in [4.69, 9.17) is 4.74 Å². The van der Waals surface area contributed by atoms with Crippen LogP contribution in [0.25, 0.3) is 0 Å². The van der Waals surface area contributed by atoms with Crippen molar-refractivity contribution in [1.29, 1.82) is 0 Å². The number of hydrogen-bond donors (Lipinski definition) is 1. The Kier molecular flexibility index (Phi) is 5.56. The summed E-state index contributed by atoms with van der Waals surface area (Å²) in [6.45, 7) is 5.14. The summed E-state index contributed by atoms with van der Waals surface area (Å²) in [5.41, 5.74) is 0.695. The predicted octanol–water partition coefficient (Wildman–Crippen LogP) is 3.60. The summed E-state index contributed by atoms with van der Waals surface area (Å²) in [4.78, 5) is 26.8. The summed E-state index contributed by atoms with van der Waals surface area (Å²) < 4.78 is 5.95. The molecule has 1 saturated heterocycles. The molecule has 3 rings (SSSR count). The largest absolute Gasteiger partial charge is 0.455 e. The van der Waals surface area contributed by atoms with E-state index in [0.717, 1.165) is 0 Å². The Labute approximate surface area is 154 Å². The summed E-state index contributed by atoms with van der Waals surface area (Å²) in [5, 5.41) is 2.86. The van der Waals surface area contributed by atoms with Crippen LogP contribution in [-0.4, -0.2) is 24.9 Å². The molecule has 26 heavy (non-hydrogen) atoms. The van der Waals surface area contributed by atoms with E-state index in [-0.39, 0.29) is 11.8 Å². The van der Waals surface area contributed by atoms with E-state index in [1.54, 1.807) is 4.90 Å². The zero-order valence-corrected chi connectivity index (χ0v) is 15.1. The van der Waals surface area contributed by atoms with Gasteiger partial charge < -0.3 is 15.0 Å². The maximum atomic E-state index is 12.8. The molecule has 136 valence electrons. The standard InChI is InChI=1S/C21H24N2O3/c1-15(2)14-22-20(24)17-12-13-23(21(17)25)18-10-6-7-11-19(18)26-16-8-4-3-5-9-16/h3-11,15,17H,12-14H2,1-2H3,(H,22,24). The van der Waals surface area contributed by atoms with Gasteiger partial charge >= 0.3 is 0 Å². The number of anilines is 1. The third-order valence-corrected chi connectivity index (χ3v) is 4.33. The zero-order valence-electron chi connectivity index (χ0n) is 15.1. The molecule has 0 saturated carbocycles. The van der Waals surface area contributed by atoms with Crippen molar-refractivity contribution in [3.63, 3.8) is 0 Å². The molecule has 1 aliphatic rings. The highest BCUT2D eigenvalue weighted by atomic mass is 16.5. The van der Waals surface area contributed by atoms with Gasteiger partial charge in [-0.05, 0) is 36.6 Å². The lowest BCUT2D eigenvalue weighted by molar-refractivity contribution is -0.132. The Hall–Kier alpha value is -2.82. The van der Waals surface area contributed by atoms with Gasteiger partial charge in [0.15, 0.2) is 5.75 Å². The minimum atomic E-state index is -0.626. The number of rotatable bonds is 6. The molecule has 0 spiro atoms. The molecule has 5 nitrogen and oxygen atoms in total. The van der Waals surface area contributed by atoms with Crippen molar-refractivity contribution in [3.8, 4) is 11.5 Å². The summed E-state index contributed by atoms with van der Waals surface area (Å²) >= 11 is 0. The molecule has 5 heteroatoms. The van der Waals surface area contributed by atoms with Gasteiger partial charge in [0.2, 0.25) is 11.8 Å². The van der Waals surface area contributed by atoms with Crippen molar-refractivity contribution in [2.45, 2.75) is 20.3 Å². The molecule has 1 atom stereocenters. The highest BCUT2D eigenvalue weighted by molar-refractivity contribution is 6.10. The maximum Gasteiger partial charge on any atom is 0.239 e. The summed E-state index contributed by atoms with van der Waals surface area (Å²) in [6.07, 6.45) is 0.516. The van der Waals surface area contributed by atoms with Crippen molar-refractivity contribution >= 4 is 17.5 Å². The Morgan fingerprint density at radius 2 is 1.85 bits per heavy atom. The van der Waals surface area contributed by atoms with Gasteiger partial charge in [0, 0.05) is 13.1 Å². The van der Waals surface area contributed by atoms with E-state index >= 15 is 0 Å². The zero-order chi connectivity index (χ0) is 18.5. The second-order valence-corrected chi connectivity index (χ2v) is 6.85. The molecule has 1 N–H and O–H groups in total. The Balaban J connectivity index is 1.76. The first-order valence-electron chi connectivity index (χ1n) is 8.97. The van der Waals surface area contributed by atoms with Gasteiger partial charge in [0.25, 0.3) is 0 Å². The fraction of sp³-hybridized carbons (Fsp3) is 0.333. The van der Waals surface area contributed by atoms with E-state index in [1.165, 1.54) is 0 Å². The SMILES string of the molecule is CC(C)CNC(=O)C1CCN(c2ccccc2Oc2ccccc2)C1=O. The fourth-order valence-electron chi connectivity index (χ4n) is 2.97. The van der Waals surface area contributed by atoms with E-state index in [2.05, 4.69) is 5.32 Å². The Bertz CT molecular complexity index is 774. The lowest BCUT2D eigenvalue weighted by Crippen LogP contribution is -2.38. The van der Waals surface area contributed by atoms with Crippen molar-refractivity contribution in [2.24, 2.45) is 11.8 Å². The van der Waals surface area contributed by atoms with Crippen molar-refractivity contribution in [1.82, 2.24) is 5.32 Å². The second-order valence-electron chi connectivity index (χ2n) is 6.85. The van der Waals surface area contributed by atoms with Gasteiger partial charge in [-0.15, -0.1) is 0 Å². The second kappa shape index (κ2) is 8.04. The number of carbonyl (C=O) groups is 2. The molecule has 1 aliphatic heterocycles. The van der Waals surface area contributed by atoms with Crippen LogP contribution < -0.4 is 15.0 Å². The summed E-state index contributed by atoms with van der Waals surface area (Å²) in [7, 11) is 0. The number of ether oxygens (including phenoxy) is 1. The predicted molar refractivity (Wildman–Crippen MR) is 101 cm³/mol. The van der Waals surface area contributed by atoms with Crippen molar-refractivity contribution < 1.29 is 14.3 Å². The number of nitrogens with zero attached hydrogens (tertiary/aromatic N) is 1. The number of benzene rings is 2. The van der Waals surface area contributed by atoms with Crippen LogP contribution in [0.2, 0.25) is 0 Å². The molecule has 0 bridgehead atoms. The van der Waals surface area contributed by atoms with Crippen molar-refractivity contribution in [3.05, 3.63) is 54.6 Å². The number of carbonyl (C=O) groups excluding carboxylic acids is 2. The van der Waals surface area contributed by atoms with Crippen molar-refractivity contribution in [2.75, 3.05) is 18.0 Å². The molecule has 1 unspecified atom stereocenters. The van der Waals surface area contributed by atoms with Gasteiger partial charge in [0.05, 0.1) is 5.69 Å². The van der Waals surface area contributed by atoms with E-state index in [9.17, 15) is 9.59 Å². The van der Waals surface area contributed by atoms with Crippen LogP contribution >= 0.6 is 0 Å². The first kappa shape index (κ1) is 18.0. The third kappa shape index (κ3) is 4.04. The van der Waals surface area contributed by atoms with Crippen LogP contribution in [0, 0.1) is 11.8 Å². The Morgan fingerprint density at radius 1 is 1.15 bits per heavy atom. The fourth-order valence-corrected chi connectivity index (χ4v) is 2.97. The number of hydrogen-bond acceptors (Lipinski definition) is 3. The molecular formula is C21H24N2O3. The molecule has 2 amide bonds. The molecule has 2 aromatic carbocycles. The van der Waals surface area contributed by atoms with Crippen LogP contribution in [0.4, 0.5) is 5.69 Å². The average molecular weight is 352 g/mol. The van der Waals surface area contributed by atoms with E-state index in [1.807, 2.05) is 68.4 Å². The lowest BCUT2D eigenvalue weighted by Gasteiger charge is -2.20. The molecule has 2 aromatic rings. The average Bonchev–Trinajstić information content (AvgIpc) is 3.02. The van der Waals surface area contributed by atoms with Crippen LogP contribution in [-0.2, 0) is 9.59 Å². The number of amides is 2. The van der Waals surface area contributed by atoms with Gasteiger partial charge in [-0.2, -0.15) is 0 Å². The minimum Gasteiger partial charge on any atom is -0.455 e. The van der Waals surface area contributed by atoms with Crippen LogP contribution in [0.5, 0.6) is 11.5 Å². The maximum absolute atomic E-state index is 12.8. The number of nitrogens with one attached hydrogen (secondary N) is 1. The molecule has 0 aromatic heterocycles. The lowest BCUT2D eigenvalue weighted by atomic mass is 10.1. The molecule has 1 heterocycles.